The molecule has 0 bridgehead atoms. The highest BCUT2D eigenvalue weighted by molar-refractivity contribution is 9.10. The first-order valence-electron chi connectivity index (χ1n) is 8.20. The topological polar surface area (TPSA) is 81.0 Å². The minimum absolute atomic E-state index is 0.192. The van der Waals surface area contributed by atoms with Crippen molar-refractivity contribution in [1.29, 1.82) is 0 Å². The van der Waals surface area contributed by atoms with Crippen LogP contribution in [0.25, 0.3) is 6.08 Å². The third-order valence-corrected chi connectivity index (χ3v) is 5.79. The number of benzene rings is 1. The standard InChI is InChI=1S/C18H13BrN2O5S2/c19-15-4-3-12(26-15)16(22)20-5-6-21-17(23)14(28-18(21)27)8-10-1-2-11-13(7-10)25-9-24-11/h1-4,7-8H,5-6,9H2,(H,20,22)/b14-8+. The summed E-state index contributed by atoms with van der Waals surface area (Å²) in [6, 6.07) is 8.67. The molecule has 1 aromatic heterocycles. The Morgan fingerprint density at radius 1 is 1.29 bits per heavy atom. The van der Waals surface area contributed by atoms with Gasteiger partial charge in [0.25, 0.3) is 11.8 Å². The van der Waals surface area contributed by atoms with Crippen LogP contribution in [0.4, 0.5) is 0 Å². The van der Waals surface area contributed by atoms with Crippen molar-refractivity contribution in [2.75, 3.05) is 19.9 Å². The summed E-state index contributed by atoms with van der Waals surface area (Å²) in [6.45, 7) is 0.721. The van der Waals surface area contributed by atoms with E-state index >= 15 is 0 Å². The molecule has 1 aromatic carbocycles. The van der Waals surface area contributed by atoms with Crippen LogP contribution in [0.3, 0.4) is 0 Å². The van der Waals surface area contributed by atoms with Gasteiger partial charge in [-0.1, -0.05) is 30.0 Å². The monoisotopic (exact) mass is 480 g/mol. The Balaban J connectivity index is 1.38. The highest BCUT2D eigenvalue weighted by atomic mass is 79.9. The van der Waals surface area contributed by atoms with Gasteiger partial charge in [0, 0.05) is 13.1 Å². The van der Waals surface area contributed by atoms with Gasteiger partial charge in [-0.05, 0) is 51.8 Å². The highest BCUT2D eigenvalue weighted by Crippen LogP contribution is 2.36. The summed E-state index contributed by atoms with van der Waals surface area (Å²) in [5.41, 5.74) is 0.821. The number of thioether (sulfide) groups is 1. The Bertz CT molecular complexity index is 1000. The number of thiocarbonyl (C=S) groups is 1. The van der Waals surface area contributed by atoms with Crippen LogP contribution in [-0.2, 0) is 4.79 Å². The molecule has 4 rings (SSSR count). The van der Waals surface area contributed by atoms with Crippen molar-refractivity contribution in [3.05, 3.63) is 51.2 Å². The van der Waals surface area contributed by atoms with E-state index < -0.39 is 0 Å². The molecule has 0 atom stereocenters. The van der Waals surface area contributed by atoms with Gasteiger partial charge in [0.05, 0.1) is 4.91 Å². The molecule has 0 saturated carbocycles. The van der Waals surface area contributed by atoms with E-state index in [-0.39, 0.29) is 37.5 Å². The summed E-state index contributed by atoms with van der Waals surface area (Å²) in [4.78, 5) is 26.6. The van der Waals surface area contributed by atoms with Crippen LogP contribution in [0.1, 0.15) is 16.1 Å². The zero-order chi connectivity index (χ0) is 19.7. The number of furan rings is 1. The molecule has 2 aliphatic heterocycles. The van der Waals surface area contributed by atoms with Crippen LogP contribution in [0, 0.1) is 0 Å². The van der Waals surface area contributed by atoms with E-state index in [2.05, 4.69) is 21.2 Å². The van der Waals surface area contributed by atoms with Gasteiger partial charge in [-0.15, -0.1) is 0 Å². The summed E-state index contributed by atoms with van der Waals surface area (Å²) in [6.07, 6.45) is 1.76. The van der Waals surface area contributed by atoms with Gasteiger partial charge >= 0.3 is 0 Å². The Kier molecular flexibility index (Phi) is 5.42. The van der Waals surface area contributed by atoms with E-state index in [1.54, 1.807) is 24.3 Å². The van der Waals surface area contributed by atoms with Crippen LogP contribution in [-0.4, -0.2) is 40.9 Å². The van der Waals surface area contributed by atoms with Crippen molar-refractivity contribution in [2.45, 2.75) is 0 Å². The van der Waals surface area contributed by atoms with Crippen molar-refractivity contribution in [1.82, 2.24) is 10.2 Å². The highest BCUT2D eigenvalue weighted by Gasteiger charge is 2.31. The molecule has 10 heteroatoms. The third kappa shape index (κ3) is 3.94. The number of rotatable bonds is 5. The molecule has 144 valence electrons. The summed E-state index contributed by atoms with van der Waals surface area (Å²) in [7, 11) is 0. The quantitative estimate of drug-likeness (QED) is 0.518. The molecular weight excluding hydrogens is 468 g/mol. The fourth-order valence-electron chi connectivity index (χ4n) is 2.65. The minimum atomic E-state index is -0.355. The van der Waals surface area contributed by atoms with E-state index in [4.69, 9.17) is 26.1 Å². The molecule has 2 aliphatic rings. The van der Waals surface area contributed by atoms with E-state index in [1.807, 2.05) is 12.1 Å². The molecule has 28 heavy (non-hydrogen) atoms. The molecule has 2 aromatic rings. The van der Waals surface area contributed by atoms with Gasteiger partial charge in [0.15, 0.2) is 21.9 Å². The third-order valence-electron chi connectivity index (χ3n) is 3.99. The lowest BCUT2D eigenvalue weighted by Crippen LogP contribution is -2.37. The molecule has 7 nitrogen and oxygen atoms in total. The minimum Gasteiger partial charge on any atom is -0.454 e. The molecule has 3 heterocycles. The summed E-state index contributed by atoms with van der Waals surface area (Å²) in [5.74, 6) is 0.982. The molecule has 1 saturated heterocycles. The van der Waals surface area contributed by atoms with Gasteiger partial charge in [0.1, 0.15) is 4.32 Å². The first-order chi connectivity index (χ1) is 13.5. The first kappa shape index (κ1) is 19.0. The number of ether oxygens (including phenoxy) is 2. The Morgan fingerprint density at radius 2 is 2.11 bits per heavy atom. The second kappa shape index (κ2) is 7.98. The van der Waals surface area contributed by atoms with Crippen molar-refractivity contribution >= 4 is 62.1 Å². The smallest absolute Gasteiger partial charge is 0.287 e. The summed E-state index contributed by atoms with van der Waals surface area (Å²) in [5, 5.41) is 2.71. The van der Waals surface area contributed by atoms with Crippen LogP contribution in [0.15, 0.2) is 44.3 Å². The number of carbonyl (C=O) groups is 2. The number of nitrogens with one attached hydrogen (secondary N) is 1. The second-order valence-electron chi connectivity index (χ2n) is 5.81. The lowest BCUT2D eigenvalue weighted by Gasteiger charge is -2.14. The fourth-order valence-corrected chi connectivity index (χ4v) is 4.27. The van der Waals surface area contributed by atoms with Gasteiger partial charge in [-0.25, -0.2) is 0 Å². The van der Waals surface area contributed by atoms with Crippen molar-refractivity contribution < 1.29 is 23.5 Å². The Labute approximate surface area is 178 Å². The number of fused-ring (bicyclic) bond motifs is 1. The molecule has 2 amide bonds. The number of hydrogen-bond donors (Lipinski definition) is 1. The number of amides is 2. The van der Waals surface area contributed by atoms with E-state index in [9.17, 15) is 9.59 Å². The van der Waals surface area contributed by atoms with Crippen molar-refractivity contribution in [2.24, 2.45) is 0 Å². The largest absolute Gasteiger partial charge is 0.454 e. The molecule has 1 N–H and O–H groups in total. The summed E-state index contributed by atoms with van der Waals surface area (Å²) >= 11 is 9.69. The number of carbonyl (C=O) groups excluding carboxylic acids is 2. The number of halogens is 1. The first-order valence-corrected chi connectivity index (χ1v) is 10.2. The van der Waals surface area contributed by atoms with Gasteiger partial charge in [-0.2, -0.15) is 0 Å². The Morgan fingerprint density at radius 3 is 2.89 bits per heavy atom. The molecule has 0 aliphatic carbocycles. The maximum atomic E-state index is 12.7. The van der Waals surface area contributed by atoms with Crippen LogP contribution < -0.4 is 14.8 Å². The maximum absolute atomic E-state index is 12.7. The molecule has 1 fully saturated rings. The van der Waals surface area contributed by atoms with Gasteiger partial charge in [0.2, 0.25) is 6.79 Å². The van der Waals surface area contributed by atoms with Crippen molar-refractivity contribution in [3.63, 3.8) is 0 Å². The molecular formula is C18H13BrN2O5S2. The molecule has 0 spiro atoms. The molecule has 0 unspecified atom stereocenters. The second-order valence-corrected chi connectivity index (χ2v) is 8.26. The number of nitrogens with zero attached hydrogens (tertiary/aromatic N) is 1. The fraction of sp³-hybridized carbons (Fsp3) is 0.167. The average Bonchev–Trinajstić information content (AvgIpc) is 3.37. The van der Waals surface area contributed by atoms with Crippen LogP contribution in [0.5, 0.6) is 11.5 Å². The average molecular weight is 481 g/mol. The molecule has 0 radical (unpaired) electrons. The van der Waals surface area contributed by atoms with E-state index in [1.165, 1.54) is 16.7 Å². The zero-order valence-corrected chi connectivity index (χ0v) is 17.5. The maximum Gasteiger partial charge on any atom is 0.287 e. The summed E-state index contributed by atoms with van der Waals surface area (Å²) < 4.78 is 16.8. The van der Waals surface area contributed by atoms with Crippen LogP contribution >= 0.6 is 39.9 Å². The van der Waals surface area contributed by atoms with E-state index in [0.717, 1.165) is 5.56 Å². The lowest BCUT2D eigenvalue weighted by atomic mass is 10.2. The predicted octanol–water partition coefficient (Wildman–Crippen LogP) is 3.40. The zero-order valence-electron chi connectivity index (χ0n) is 14.3. The van der Waals surface area contributed by atoms with Crippen LogP contribution in [0.2, 0.25) is 0 Å². The normalized spacial score (nSPS) is 16.9. The number of hydrogen-bond acceptors (Lipinski definition) is 7. The van der Waals surface area contributed by atoms with Gasteiger partial charge < -0.3 is 19.2 Å². The SMILES string of the molecule is O=C(NCCN1C(=O)/C(=C\c2ccc3c(c2)OCO3)SC1=S)c1ccc(Br)o1. The predicted molar refractivity (Wildman–Crippen MR) is 111 cm³/mol. The Hall–Kier alpha value is -2.30. The van der Waals surface area contributed by atoms with E-state index in [0.29, 0.717) is 25.4 Å². The van der Waals surface area contributed by atoms with Crippen molar-refractivity contribution in [3.8, 4) is 11.5 Å². The lowest BCUT2D eigenvalue weighted by molar-refractivity contribution is -0.122. The van der Waals surface area contributed by atoms with Gasteiger partial charge in [-0.3, -0.25) is 14.5 Å².